The van der Waals surface area contributed by atoms with Gasteiger partial charge in [-0.25, -0.2) is 0 Å². The average molecular weight is 207 g/mol. The van der Waals surface area contributed by atoms with E-state index in [1.807, 2.05) is 4.90 Å². The van der Waals surface area contributed by atoms with Gasteiger partial charge >= 0.3 is 0 Å². The molecule has 1 saturated carbocycles. The van der Waals surface area contributed by atoms with Crippen molar-refractivity contribution in [2.75, 3.05) is 13.1 Å². The minimum atomic E-state index is 0.164. The molecule has 0 heterocycles. The highest BCUT2D eigenvalue weighted by Gasteiger charge is 2.28. The minimum absolute atomic E-state index is 0.164. The lowest BCUT2D eigenvalue weighted by molar-refractivity contribution is -0.135. The van der Waals surface area contributed by atoms with Crippen molar-refractivity contribution in [3.8, 4) is 12.3 Å². The Morgan fingerprint density at radius 3 is 2.47 bits per heavy atom. The van der Waals surface area contributed by atoms with Gasteiger partial charge in [0.15, 0.2) is 0 Å². The molecule has 1 aliphatic rings. The average Bonchev–Trinajstić information content (AvgIpc) is 3.03. The van der Waals surface area contributed by atoms with Crippen LogP contribution in [0.4, 0.5) is 0 Å². The molecule has 1 rings (SSSR count). The Kier molecular flexibility index (Phi) is 4.68. The van der Waals surface area contributed by atoms with Crippen molar-refractivity contribution in [3.05, 3.63) is 0 Å². The molecule has 1 amide bonds. The third-order valence-corrected chi connectivity index (χ3v) is 3.10. The predicted molar refractivity (Wildman–Crippen MR) is 62.2 cm³/mol. The van der Waals surface area contributed by atoms with Crippen LogP contribution in [-0.2, 0) is 4.79 Å². The number of carbonyl (C=O) groups excluding carboxylic acids is 1. The van der Waals surface area contributed by atoms with Crippen LogP contribution in [0.5, 0.6) is 0 Å². The molecular weight excluding hydrogens is 186 g/mol. The van der Waals surface area contributed by atoms with Gasteiger partial charge in [0.2, 0.25) is 5.91 Å². The van der Waals surface area contributed by atoms with Crippen LogP contribution in [0.25, 0.3) is 0 Å². The molecular formula is C13H21NO. The van der Waals surface area contributed by atoms with Crippen LogP contribution in [-0.4, -0.2) is 23.9 Å². The number of hydrogen-bond acceptors (Lipinski definition) is 1. The number of terminal acetylenes is 1. The van der Waals surface area contributed by atoms with E-state index in [4.69, 9.17) is 6.42 Å². The highest BCUT2D eigenvalue weighted by atomic mass is 16.2. The first-order valence-electron chi connectivity index (χ1n) is 5.95. The molecule has 0 spiro atoms. The quantitative estimate of drug-likeness (QED) is 0.612. The van der Waals surface area contributed by atoms with Gasteiger partial charge in [0, 0.05) is 12.5 Å². The lowest BCUT2D eigenvalue weighted by Crippen LogP contribution is -2.37. The molecule has 0 unspecified atom stereocenters. The van der Waals surface area contributed by atoms with Crippen LogP contribution in [0.3, 0.4) is 0 Å². The Bertz CT molecular complexity index is 246. The summed E-state index contributed by atoms with van der Waals surface area (Å²) in [6.07, 6.45) is 9.66. The smallest absolute Gasteiger partial charge is 0.226 e. The van der Waals surface area contributed by atoms with Crippen molar-refractivity contribution in [3.63, 3.8) is 0 Å². The van der Waals surface area contributed by atoms with Gasteiger partial charge in [-0.1, -0.05) is 19.8 Å². The first-order valence-corrected chi connectivity index (χ1v) is 5.95. The third kappa shape index (κ3) is 3.58. The predicted octanol–water partition coefficient (Wildman–Crippen LogP) is 2.29. The van der Waals surface area contributed by atoms with E-state index < -0.39 is 0 Å². The van der Waals surface area contributed by atoms with Gasteiger partial charge in [-0.2, -0.15) is 0 Å². The SMILES string of the molecule is C#CCN(CC1CC1)C(=O)C(CC)CC. The van der Waals surface area contributed by atoms with Gasteiger partial charge in [-0.3, -0.25) is 4.79 Å². The highest BCUT2D eigenvalue weighted by Crippen LogP contribution is 2.30. The second-order valence-corrected chi connectivity index (χ2v) is 4.38. The molecule has 2 heteroatoms. The molecule has 1 fully saturated rings. The van der Waals surface area contributed by atoms with Crippen molar-refractivity contribution in [1.29, 1.82) is 0 Å². The van der Waals surface area contributed by atoms with Gasteiger partial charge in [0.25, 0.3) is 0 Å². The Balaban J connectivity index is 2.52. The minimum Gasteiger partial charge on any atom is -0.331 e. The summed E-state index contributed by atoms with van der Waals surface area (Å²) in [6, 6.07) is 0. The van der Waals surface area contributed by atoms with Gasteiger partial charge in [-0.15, -0.1) is 6.42 Å². The van der Waals surface area contributed by atoms with E-state index in [9.17, 15) is 4.79 Å². The molecule has 1 aliphatic carbocycles. The van der Waals surface area contributed by atoms with Crippen LogP contribution >= 0.6 is 0 Å². The summed E-state index contributed by atoms with van der Waals surface area (Å²) >= 11 is 0. The normalized spacial score (nSPS) is 15.1. The second-order valence-electron chi connectivity index (χ2n) is 4.38. The summed E-state index contributed by atoms with van der Waals surface area (Å²) < 4.78 is 0. The van der Waals surface area contributed by atoms with Crippen molar-refractivity contribution >= 4 is 5.91 Å². The lowest BCUT2D eigenvalue weighted by Gasteiger charge is -2.24. The van der Waals surface area contributed by atoms with Crippen LogP contribution in [0.1, 0.15) is 39.5 Å². The van der Waals surface area contributed by atoms with Crippen molar-refractivity contribution in [2.24, 2.45) is 11.8 Å². The monoisotopic (exact) mass is 207 g/mol. The van der Waals surface area contributed by atoms with Crippen LogP contribution in [0, 0.1) is 24.2 Å². The Hall–Kier alpha value is -0.970. The van der Waals surface area contributed by atoms with E-state index in [0.717, 1.165) is 25.3 Å². The fraction of sp³-hybridized carbons (Fsp3) is 0.769. The Morgan fingerprint density at radius 2 is 2.07 bits per heavy atom. The maximum atomic E-state index is 12.1. The molecule has 0 aromatic rings. The van der Waals surface area contributed by atoms with Crippen LogP contribution in [0.2, 0.25) is 0 Å². The number of hydrogen-bond donors (Lipinski definition) is 0. The standard InChI is InChI=1S/C13H21NO/c1-4-9-14(10-11-7-8-11)13(15)12(5-2)6-3/h1,11-12H,5-10H2,2-3H3. The Labute approximate surface area is 93.0 Å². The van der Waals surface area contributed by atoms with E-state index in [1.165, 1.54) is 12.8 Å². The number of amides is 1. The molecule has 0 N–H and O–H groups in total. The van der Waals surface area contributed by atoms with Crippen molar-refractivity contribution < 1.29 is 4.79 Å². The topological polar surface area (TPSA) is 20.3 Å². The number of carbonyl (C=O) groups is 1. The van der Waals surface area contributed by atoms with E-state index >= 15 is 0 Å². The number of nitrogens with zero attached hydrogens (tertiary/aromatic N) is 1. The first-order chi connectivity index (χ1) is 7.22. The molecule has 0 radical (unpaired) electrons. The molecule has 0 bridgehead atoms. The third-order valence-electron chi connectivity index (χ3n) is 3.10. The van der Waals surface area contributed by atoms with Crippen molar-refractivity contribution in [1.82, 2.24) is 4.90 Å². The van der Waals surface area contributed by atoms with Gasteiger partial charge < -0.3 is 4.90 Å². The van der Waals surface area contributed by atoms with Gasteiger partial charge in [0.05, 0.1) is 6.54 Å². The molecule has 0 aromatic heterocycles. The zero-order valence-electron chi connectivity index (χ0n) is 9.83. The summed E-state index contributed by atoms with van der Waals surface area (Å²) in [6.45, 7) is 5.49. The van der Waals surface area contributed by atoms with Gasteiger partial charge in [0.1, 0.15) is 0 Å². The lowest BCUT2D eigenvalue weighted by atomic mass is 10.0. The fourth-order valence-corrected chi connectivity index (χ4v) is 1.85. The zero-order chi connectivity index (χ0) is 11.3. The largest absolute Gasteiger partial charge is 0.331 e. The molecule has 84 valence electrons. The molecule has 2 nitrogen and oxygen atoms in total. The van der Waals surface area contributed by atoms with Crippen LogP contribution < -0.4 is 0 Å². The molecule has 15 heavy (non-hydrogen) atoms. The summed E-state index contributed by atoms with van der Waals surface area (Å²) in [5, 5.41) is 0. The molecule has 0 atom stereocenters. The first kappa shape index (κ1) is 12.1. The Morgan fingerprint density at radius 1 is 1.47 bits per heavy atom. The second kappa shape index (κ2) is 5.80. The van der Waals surface area contributed by atoms with E-state index in [1.54, 1.807) is 0 Å². The van der Waals surface area contributed by atoms with E-state index in [-0.39, 0.29) is 11.8 Å². The van der Waals surface area contributed by atoms with Gasteiger partial charge in [-0.05, 0) is 31.6 Å². The maximum Gasteiger partial charge on any atom is 0.226 e. The zero-order valence-corrected chi connectivity index (χ0v) is 9.83. The highest BCUT2D eigenvalue weighted by molar-refractivity contribution is 5.79. The van der Waals surface area contributed by atoms with Crippen LogP contribution in [0.15, 0.2) is 0 Å². The summed E-state index contributed by atoms with van der Waals surface area (Å²) in [5.41, 5.74) is 0. The maximum absolute atomic E-state index is 12.1. The van der Waals surface area contributed by atoms with E-state index in [2.05, 4.69) is 19.8 Å². The summed E-state index contributed by atoms with van der Waals surface area (Å²) in [5.74, 6) is 3.73. The summed E-state index contributed by atoms with van der Waals surface area (Å²) in [7, 11) is 0. The molecule has 0 saturated heterocycles. The van der Waals surface area contributed by atoms with Crippen molar-refractivity contribution in [2.45, 2.75) is 39.5 Å². The molecule has 0 aromatic carbocycles. The van der Waals surface area contributed by atoms with E-state index in [0.29, 0.717) is 6.54 Å². The molecule has 0 aliphatic heterocycles. The summed E-state index contributed by atoms with van der Waals surface area (Å²) in [4.78, 5) is 14.0. The number of rotatable bonds is 6. The fourth-order valence-electron chi connectivity index (χ4n) is 1.85.